The summed E-state index contributed by atoms with van der Waals surface area (Å²) in [6.45, 7) is 0. The third-order valence-electron chi connectivity index (χ3n) is 1.53. The number of aromatic hydroxyl groups is 1. The highest BCUT2D eigenvalue weighted by molar-refractivity contribution is 6.36. The van der Waals surface area contributed by atoms with Gasteiger partial charge in [0.1, 0.15) is 0 Å². The van der Waals surface area contributed by atoms with E-state index in [0.717, 1.165) is 0 Å². The maximum atomic E-state index is 9.53. The zero-order chi connectivity index (χ0) is 10.0. The monoisotopic (exact) mass is 222 g/mol. The normalized spacial score (nSPS) is 9.85. The maximum Gasteiger partial charge on any atom is 0.203 e. The molecule has 0 heterocycles. The molecule has 1 rings (SSSR count). The van der Waals surface area contributed by atoms with Gasteiger partial charge in [-0.15, -0.1) is 0 Å². The van der Waals surface area contributed by atoms with Crippen molar-refractivity contribution < 1.29 is 14.6 Å². The van der Waals surface area contributed by atoms with Crippen molar-refractivity contribution in [2.75, 3.05) is 14.2 Å². The predicted octanol–water partition coefficient (Wildman–Crippen LogP) is 2.72. The third kappa shape index (κ3) is 1.76. The molecule has 0 aliphatic heterocycles. The van der Waals surface area contributed by atoms with Crippen LogP contribution in [-0.4, -0.2) is 19.3 Å². The molecule has 3 nitrogen and oxygen atoms in total. The van der Waals surface area contributed by atoms with E-state index >= 15 is 0 Å². The smallest absolute Gasteiger partial charge is 0.203 e. The first-order valence-corrected chi connectivity index (χ1v) is 4.16. The van der Waals surface area contributed by atoms with Crippen molar-refractivity contribution in [3.63, 3.8) is 0 Å². The van der Waals surface area contributed by atoms with Crippen molar-refractivity contribution in [2.24, 2.45) is 0 Å². The van der Waals surface area contributed by atoms with Gasteiger partial charge in [-0.1, -0.05) is 23.2 Å². The predicted molar refractivity (Wildman–Crippen MR) is 51.2 cm³/mol. The molecule has 13 heavy (non-hydrogen) atoms. The molecule has 0 saturated heterocycles. The highest BCUT2D eigenvalue weighted by Crippen LogP contribution is 2.45. The quantitative estimate of drug-likeness (QED) is 0.837. The van der Waals surface area contributed by atoms with Crippen LogP contribution in [0.15, 0.2) is 6.07 Å². The van der Waals surface area contributed by atoms with Crippen LogP contribution in [0.25, 0.3) is 0 Å². The van der Waals surface area contributed by atoms with Crippen LogP contribution >= 0.6 is 23.2 Å². The van der Waals surface area contributed by atoms with Gasteiger partial charge in [0, 0.05) is 0 Å². The lowest BCUT2D eigenvalue weighted by atomic mass is 10.3. The van der Waals surface area contributed by atoms with Crippen LogP contribution in [0, 0.1) is 0 Å². The summed E-state index contributed by atoms with van der Waals surface area (Å²) in [4.78, 5) is 0. The van der Waals surface area contributed by atoms with Gasteiger partial charge in [-0.2, -0.15) is 0 Å². The molecule has 0 saturated carbocycles. The summed E-state index contributed by atoms with van der Waals surface area (Å²) < 4.78 is 9.71. The van der Waals surface area contributed by atoms with E-state index in [1.165, 1.54) is 20.3 Å². The summed E-state index contributed by atoms with van der Waals surface area (Å²) >= 11 is 11.5. The van der Waals surface area contributed by atoms with E-state index in [2.05, 4.69) is 0 Å². The summed E-state index contributed by atoms with van der Waals surface area (Å²) in [6, 6.07) is 1.44. The van der Waals surface area contributed by atoms with Crippen molar-refractivity contribution >= 4 is 23.2 Å². The van der Waals surface area contributed by atoms with Gasteiger partial charge >= 0.3 is 0 Å². The number of halogens is 2. The molecule has 1 N–H and O–H groups in total. The Kier molecular flexibility index (Phi) is 3.12. The van der Waals surface area contributed by atoms with Crippen molar-refractivity contribution in [1.29, 1.82) is 0 Å². The lowest BCUT2D eigenvalue weighted by Crippen LogP contribution is -1.90. The Bertz CT molecular complexity index is 297. The van der Waals surface area contributed by atoms with Gasteiger partial charge < -0.3 is 14.6 Å². The summed E-state index contributed by atoms with van der Waals surface area (Å²) in [5.74, 6) is 0.119. The van der Waals surface area contributed by atoms with E-state index in [-0.39, 0.29) is 27.3 Å². The van der Waals surface area contributed by atoms with Gasteiger partial charge in [0.05, 0.1) is 24.3 Å². The van der Waals surface area contributed by atoms with Crippen LogP contribution < -0.4 is 9.47 Å². The lowest BCUT2D eigenvalue weighted by molar-refractivity contribution is 0.340. The molecule has 72 valence electrons. The number of phenolic OH excluding ortho intramolecular Hbond substituents is 1. The van der Waals surface area contributed by atoms with E-state index in [9.17, 15) is 5.11 Å². The topological polar surface area (TPSA) is 38.7 Å². The van der Waals surface area contributed by atoms with Crippen molar-refractivity contribution in [1.82, 2.24) is 0 Å². The van der Waals surface area contributed by atoms with Crippen LogP contribution in [0.1, 0.15) is 0 Å². The SMILES string of the molecule is COc1c(Cl)cc(Cl)c(OC)c1O. The van der Waals surface area contributed by atoms with Crippen molar-refractivity contribution in [2.45, 2.75) is 0 Å². The number of benzene rings is 1. The maximum absolute atomic E-state index is 9.53. The first-order valence-electron chi connectivity index (χ1n) is 3.40. The van der Waals surface area contributed by atoms with Gasteiger partial charge in [-0.05, 0) is 6.07 Å². The fourth-order valence-corrected chi connectivity index (χ4v) is 1.57. The molecule has 0 bridgehead atoms. The average Bonchev–Trinajstić information content (AvgIpc) is 2.04. The van der Waals surface area contributed by atoms with Gasteiger partial charge in [0.25, 0.3) is 0 Å². The van der Waals surface area contributed by atoms with E-state index < -0.39 is 0 Å². The van der Waals surface area contributed by atoms with Crippen LogP contribution in [0.5, 0.6) is 17.2 Å². The minimum Gasteiger partial charge on any atom is -0.502 e. The van der Waals surface area contributed by atoms with E-state index in [0.29, 0.717) is 0 Å². The van der Waals surface area contributed by atoms with Gasteiger partial charge in [0.15, 0.2) is 11.5 Å². The minimum atomic E-state index is -0.192. The Morgan fingerprint density at radius 1 is 1.08 bits per heavy atom. The number of hydrogen-bond donors (Lipinski definition) is 1. The summed E-state index contributed by atoms with van der Waals surface area (Å²) in [5, 5.41) is 10.0. The number of rotatable bonds is 2. The molecule has 0 amide bonds. The molecule has 0 aliphatic carbocycles. The molecule has 0 fully saturated rings. The van der Waals surface area contributed by atoms with E-state index in [1.807, 2.05) is 0 Å². The number of hydrogen-bond acceptors (Lipinski definition) is 3. The molecule has 0 atom stereocenters. The van der Waals surface area contributed by atoms with E-state index in [1.54, 1.807) is 0 Å². The Morgan fingerprint density at radius 3 is 1.77 bits per heavy atom. The molecule has 1 aromatic rings. The fourth-order valence-electron chi connectivity index (χ4n) is 0.960. The van der Waals surface area contributed by atoms with E-state index in [4.69, 9.17) is 32.7 Å². The van der Waals surface area contributed by atoms with Crippen LogP contribution in [0.3, 0.4) is 0 Å². The highest BCUT2D eigenvalue weighted by atomic mass is 35.5. The Balaban J connectivity index is 3.39. The Labute approximate surface area is 85.8 Å². The second-order valence-corrected chi connectivity index (χ2v) is 3.07. The standard InChI is InChI=1S/C8H8Cl2O3/c1-12-7-4(9)3-5(10)8(13-2)6(7)11/h3,11H,1-2H3. The van der Waals surface area contributed by atoms with Crippen molar-refractivity contribution in [3.8, 4) is 17.2 Å². The second kappa shape index (κ2) is 3.94. The molecule has 5 heteroatoms. The zero-order valence-corrected chi connectivity index (χ0v) is 8.61. The Hall–Kier alpha value is -0.800. The summed E-state index contributed by atoms with van der Waals surface area (Å²) in [5.41, 5.74) is 0. The van der Waals surface area contributed by atoms with Gasteiger partial charge in [-0.3, -0.25) is 0 Å². The zero-order valence-electron chi connectivity index (χ0n) is 7.10. The average molecular weight is 223 g/mol. The molecule has 1 aromatic carbocycles. The molecular weight excluding hydrogens is 215 g/mol. The van der Waals surface area contributed by atoms with Crippen LogP contribution in [0.2, 0.25) is 10.0 Å². The number of ether oxygens (including phenoxy) is 2. The first kappa shape index (κ1) is 10.3. The Morgan fingerprint density at radius 2 is 1.46 bits per heavy atom. The van der Waals surface area contributed by atoms with Gasteiger partial charge in [-0.25, -0.2) is 0 Å². The minimum absolute atomic E-state index is 0.155. The van der Waals surface area contributed by atoms with Crippen molar-refractivity contribution in [3.05, 3.63) is 16.1 Å². The highest BCUT2D eigenvalue weighted by Gasteiger charge is 2.16. The second-order valence-electron chi connectivity index (χ2n) is 2.26. The fraction of sp³-hybridized carbons (Fsp3) is 0.250. The lowest BCUT2D eigenvalue weighted by Gasteiger charge is -2.10. The molecule has 0 unspecified atom stereocenters. The molecular formula is C8H8Cl2O3. The summed E-state index contributed by atoms with van der Waals surface area (Å²) in [7, 11) is 2.79. The number of phenols is 1. The van der Waals surface area contributed by atoms with Crippen LogP contribution in [0.4, 0.5) is 0 Å². The first-order chi connectivity index (χ1) is 6.11. The molecule has 0 spiro atoms. The third-order valence-corrected chi connectivity index (χ3v) is 2.09. The molecule has 0 aliphatic rings. The van der Waals surface area contributed by atoms with Gasteiger partial charge in [0.2, 0.25) is 5.75 Å². The summed E-state index contributed by atoms with van der Waals surface area (Å²) in [6.07, 6.45) is 0. The number of methoxy groups -OCH3 is 2. The molecule has 0 aromatic heterocycles. The largest absolute Gasteiger partial charge is 0.502 e. The van der Waals surface area contributed by atoms with Crippen LogP contribution in [-0.2, 0) is 0 Å². The molecule has 0 radical (unpaired) electrons.